The van der Waals surface area contributed by atoms with Gasteiger partial charge in [-0.3, -0.25) is 4.79 Å². The highest BCUT2D eigenvalue weighted by Gasteiger charge is 2.15. The van der Waals surface area contributed by atoms with Gasteiger partial charge in [0.1, 0.15) is 5.25 Å². The number of unbranched alkanes of at least 4 members (excludes halogenated alkanes) is 1. The SMILES string of the molecule is CCCCOC(=O)C(C)Sc1ccc(Cl)cc1. The molecule has 0 saturated heterocycles. The number of hydrogen-bond acceptors (Lipinski definition) is 3. The van der Waals surface area contributed by atoms with Gasteiger partial charge in [0.2, 0.25) is 0 Å². The number of carbonyl (C=O) groups is 1. The maximum Gasteiger partial charge on any atom is 0.319 e. The van der Waals surface area contributed by atoms with E-state index in [-0.39, 0.29) is 11.2 Å². The molecular weight excluding hydrogens is 256 g/mol. The highest BCUT2D eigenvalue weighted by molar-refractivity contribution is 8.00. The van der Waals surface area contributed by atoms with Gasteiger partial charge in [0.15, 0.2) is 0 Å². The van der Waals surface area contributed by atoms with Crippen molar-refractivity contribution in [3.05, 3.63) is 29.3 Å². The van der Waals surface area contributed by atoms with Gasteiger partial charge in [0.25, 0.3) is 0 Å². The third-order valence-corrected chi connectivity index (χ3v) is 3.54. The monoisotopic (exact) mass is 272 g/mol. The third kappa shape index (κ3) is 5.46. The van der Waals surface area contributed by atoms with Gasteiger partial charge in [0, 0.05) is 9.92 Å². The Kier molecular flexibility index (Phi) is 6.45. The van der Waals surface area contributed by atoms with Crippen LogP contribution in [0.2, 0.25) is 5.02 Å². The van der Waals surface area contributed by atoms with E-state index >= 15 is 0 Å². The smallest absolute Gasteiger partial charge is 0.319 e. The molecule has 0 aliphatic heterocycles. The molecule has 17 heavy (non-hydrogen) atoms. The van der Waals surface area contributed by atoms with Crippen LogP contribution in [-0.2, 0) is 9.53 Å². The van der Waals surface area contributed by atoms with E-state index in [0.717, 1.165) is 17.7 Å². The summed E-state index contributed by atoms with van der Waals surface area (Å²) >= 11 is 7.28. The number of carbonyl (C=O) groups excluding carboxylic acids is 1. The van der Waals surface area contributed by atoms with E-state index in [9.17, 15) is 4.79 Å². The van der Waals surface area contributed by atoms with Crippen molar-refractivity contribution in [2.45, 2.75) is 36.8 Å². The van der Waals surface area contributed by atoms with Crippen LogP contribution in [0.1, 0.15) is 26.7 Å². The summed E-state index contributed by atoms with van der Waals surface area (Å²) in [4.78, 5) is 12.6. The fourth-order valence-electron chi connectivity index (χ4n) is 1.20. The molecule has 0 aliphatic rings. The van der Waals surface area contributed by atoms with Crippen molar-refractivity contribution < 1.29 is 9.53 Å². The van der Waals surface area contributed by atoms with E-state index in [2.05, 4.69) is 6.92 Å². The molecule has 0 spiro atoms. The fourth-order valence-corrected chi connectivity index (χ4v) is 2.19. The van der Waals surface area contributed by atoms with Gasteiger partial charge in [-0.2, -0.15) is 0 Å². The molecule has 1 aromatic rings. The lowest BCUT2D eigenvalue weighted by molar-refractivity contribution is -0.142. The summed E-state index contributed by atoms with van der Waals surface area (Å²) in [6, 6.07) is 7.45. The first-order valence-electron chi connectivity index (χ1n) is 5.72. The van der Waals surface area contributed by atoms with E-state index in [0.29, 0.717) is 11.6 Å². The van der Waals surface area contributed by atoms with Crippen LogP contribution in [0.5, 0.6) is 0 Å². The summed E-state index contributed by atoms with van der Waals surface area (Å²) in [6.07, 6.45) is 1.95. The average Bonchev–Trinajstić information content (AvgIpc) is 2.32. The number of esters is 1. The highest BCUT2D eigenvalue weighted by Crippen LogP contribution is 2.25. The topological polar surface area (TPSA) is 26.3 Å². The summed E-state index contributed by atoms with van der Waals surface area (Å²) in [5.41, 5.74) is 0. The van der Waals surface area contributed by atoms with Crippen LogP contribution in [-0.4, -0.2) is 17.8 Å². The second kappa shape index (κ2) is 7.62. The van der Waals surface area contributed by atoms with E-state index in [4.69, 9.17) is 16.3 Å². The van der Waals surface area contributed by atoms with Crippen molar-refractivity contribution in [3.8, 4) is 0 Å². The molecule has 0 fully saturated rings. The molecule has 0 saturated carbocycles. The molecule has 94 valence electrons. The Morgan fingerprint density at radius 2 is 2.06 bits per heavy atom. The van der Waals surface area contributed by atoms with Crippen molar-refractivity contribution in [2.24, 2.45) is 0 Å². The maximum atomic E-state index is 11.6. The minimum absolute atomic E-state index is 0.154. The fraction of sp³-hybridized carbons (Fsp3) is 0.462. The first-order valence-corrected chi connectivity index (χ1v) is 6.98. The molecule has 0 aliphatic carbocycles. The molecule has 4 heteroatoms. The third-order valence-electron chi connectivity index (χ3n) is 2.20. The lowest BCUT2D eigenvalue weighted by Crippen LogP contribution is -2.17. The highest BCUT2D eigenvalue weighted by atomic mass is 35.5. The van der Waals surface area contributed by atoms with Crippen molar-refractivity contribution in [1.82, 2.24) is 0 Å². The first kappa shape index (κ1) is 14.4. The van der Waals surface area contributed by atoms with Crippen LogP contribution < -0.4 is 0 Å². The minimum Gasteiger partial charge on any atom is -0.465 e. The van der Waals surface area contributed by atoms with Crippen LogP contribution in [0.4, 0.5) is 0 Å². The normalized spacial score (nSPS) is 12.2. The molecule has 0 radical (unpaired) electrons. The van der Waals surface area contributed by atoms with Gasteiger partial charge in [-0.25, -0.2) is 0 Å². The number of hydrogen-bond donors (Lipinski definition) is 0. The van der Waals surface area contributed by atoms with E-state index in [1.54, 1.807) is 0 Å². The summed E-state index contributed by atoms with van der Waals surface area (Å²) in [7, 11) is 0. The van der Waals surface area contributed by atoms with Gasteiger partial charge in [-0.1, -0.05) is 24.9 Å². The molecule has 0 N–H and O–H groups in total. The average molecular weight is 273 g/mol. The predicted octanol–water partition coefficient (Wildman–Crippen LogP) is 4.16. The maximum absolute atomic E-state index is 11.6. The van der Waals surface area contributed by atoms with Crippen molar-refractivity contribution in [1.29, 1.82) is 0 Å². The number of benzene rings is 1. The van der Waals surface area contributed by atoms with Gasteiger partial charge in [-0.15, -0.1) is 11.8 Å². The molecule has 0 aromatic heterocycles. The van der Waals surface area contributed by atoms with Gasteiger partial charge < -0.3 is 4.74 Å². The Hall–Kier alpha value is -0.670. The number of rotatable bonds is 6. The van der Waals surface area contributed by atoms with Crippen LogP contribution >= 0.6 is 23.4 Å². The second-order valence-electron chi connectivity index (χ2n) is 3.74. The Bertz CT molecular complexity index is 351. The molecule has 0 heterocycles. The Morgan fingerprint density at radius 3 is 2.65 bits per heavy atom. The van der Waals surface area contributed by atoms with Gasteiger partial charge in [0.05, 0.1) is 6.61 Å². The Balaban J connectivity index is 2.40. The predicted molar refractivity (Wildman–Crippen MR) is 72.6 cm³/mol. The largest absolute Gasteiger partial charge is 0.465 e. The number of halogens is 1. The number of thioether (sulfide) groups is 1. The lowest BCUT2D eigenvalue weighted by Gasteiger charge is -2.10. The number of ether oxygens (including phenoxy) is 1. The zero-order chi connectivity index (χ0) is 12.7. The van der Waals surface area contributed by atoms with Crippen molar-refractivity contribution in [3.63, 3.8) is 0 Å². The molecule has 2 nitrogen and oxygen atoms in total. The molecule has 1 unspecified atom stereocenters. The van der Waals surface area contributed by atoms with E-state index in [1.807, 2.05) is 31.2 Å². The zero-order valence-electron chi connectivity index (χ0n) is 10.1. The van der Waals surface area contributed by atoms with Crippen LogP contribution in [0.15, 0.2) is 29.2 Å². The summed E-state index contributed by atoms with van der Waals surface area (Å²) < 4.78 is 5.15. The summed E-state index contributed by atoms with van der Waals surface area (Å²) in [5, 5.41) is 0.514. The van der Waals surface area contributed by atoms with Crippen molar-refractivity contribution >= 4 is 29.3 Å². The minimum atomic E-state index is -0.187. The molecule has 1 atom stereocenters. The summed E-state index contributed by atoms with van der Waals surface area (Å²) in [5.74, 6) is -0.154. The van der Waals surface area contributed by atoms with E-state index < -0.39 is 0 Å². The Morgan fingerprint density at radius 1 is 1.41 bits per heavy atom. The van der Waals surface area contributed by atoms with Crippen LogP contribution in [0.3, 0.4) is 0 Å². The molecule has 0 bridgehead atoms. The van der Waals surface area contributed by atoms with Gasteiger partial charge in [-0.05, 0) is 37.6 Å². The van der Waals surface area contributed by atoms with Crippen LogP contribution in [0, 0.1) is 0 Å². The van der Waals surface area contributed by atoms with E-state index in [1.165, 1.54) is 11.8 Å². The first-order chi connectivity index (χ1) is 8.13. The standard InChI is InChI=1S/C13H17ClO2S/c1-3-4-9-16-13(15)10(2)17-12-7-5-11(14)6-8-12/h5-8,10H,3-4,9H2,1-2H3. The molecule has 0 amide bonds. The van der Waals surface area contributed by atoms with Gasteiger partial charge >= 0.3 is 5.97 Å². The molecule has 1 aromatic carbocycles. The zero-order valence-corrected chi connectivity index (χ0v) is 11.7. The quantitative estimate of drug-likeness (QED) is 0.442. The summed E-state index contributed by atoms with van der Waals surface area (Å²) in [6.45, 7) is 4.44. The lowest BCUT2D eigenvalue weighted by atomic mass is 10.4. The van der Waals surface area contributed by atoms with Crippen molar-refractivity contribution in [2.75, 3.05) is 6.61 Å². The molecule has 1 rings (SSSR count). The second-order valence-corrected chi connectivity index (χ2v) is 5.59. The van der Waals surface area contributed by atoms with Crippen LogP contribution in [0.25, 0.3) is 0 Å². The molecular formula is C13H17ClO2S. The Labute approximate surface area is 112 Å².